The van der Waals surface area contributed by atoms with Crippen LogP contribution in [0.25, 0.3) is 0 Å². The summed E-state index contributed by atoms with van der Waals surface area (Å²) in [7, 11) is 0. The molecule has 1 aromatic heterocycles. The Morgan fingerprint density at radius 1 is 1.35 bits per heavy atom. The third-order valence-corrected chi connectivity index (χ3v) is 5.72. The van der Waals surface area contributed by atoms with Crippen LogP contribution in [0.15, 0.2) is 29.2 Å². The van der Waals surface area contributed by atoms with Gasteiger partial charge in [0.1, 0.15) is 5.01 Å². The lowest BCUT2D eigenvalue weighted by atomic mass is 10.1. The Balaban J connectivity index is 1.79. The highest BCUT2D eigenvalue weighted by Gasteiger charge is 2.46. The maximum atomic E-state index is 12.6. The molecule has 0 saturated heterocycles. The fourth-order valence-electron chi connectivity index (χ4n) is 2.15. The quantitative estimate of drug-likeness (QED) is 0.830. The van der Waals surface area contributed by atoms with Crippen LogP contribution in [-0.4, -0.2) is 26.8 Å². The Bertz CT molecular complexity index is 761. The summed E-state index contributed by atoms with van der Waals surface area (Å²) >= 11 is 2.58. The summed E-state index contributed by atoms with van der Waals surface area (Å²) in [6, 6.07) is 7.43. The predicted molar refractivity (Wildman–Crippen MR) is 91.9 cm³/mol. The molecule has 0 spiro atoms. The molecule has 1 aliphatic heterocycles. The maximum absolute atomic E-state index is 12.6. The second-order valence-corrected chi connectivity index (χ2v) is 7.81. The van der Waals surface area contributed by atoms with E-state index in [0.29, 0.717) is 5.13 Å². The average Bonchev–Trinajstić information content (AvgIpc) is 2.96. The van der Waals surface area contributed by atoms with Gasteiger partial charge in [-0.25, -0.2) is 0 Å². The third kappa shape index (κ3) is 3.09. The molecule has 1 aliphatic rings. The summed E-state index contributed by atoms with van der Waals surface area (Å²) in [6.07, 6.45) is 1.79. The number of benzene rings is 1. The summed E-state index contributed by atoms with van der Waals surface area (Å²) in [5, 5.41) is 14.8. The molecular formula is C15H16N4O2S2. The Morgan fingerprint density at radius 3 is 2.91 bits per heavy atom. The molecule has 2 N–H and O–H groups in total. The molecule has 0 fully saturated rings. The summed E-state index contributed by atoms with van der Waals surface area (Å²) in [4.78, 5) is 25.9. The van der Waals surface area contributed by atoms with Crippen molar-refractivity contribution in [1.82, 2.24) is 10.2 Å². The fraction of sp³-hybridized carbons (Fsp3) is 0.333. The number of fused-ring (bicyclic) bond motifs is 1. The van der Waals surface area contributed by atoms with Crippen molar-refractivity contribution in [1.29, 1.82) is 0 Å². The zero-order valence-electron chi connectivity index (χ0n) is 12.8. The normalized spacial score (nSPS) is 19.8. The minimum atomic E-state index is -1.25. The van der Waals surface area contributed by atoms with E-state index in [9.17, 15) is 9.59 Å². The third-order valence-electron chi connectivity index (χ3n) is 3.47. The number of rotatable bonds is 4. The highest BCUT2D eigenvalue weighted by atomic mass is 32.2. The van der Waals surface area contributed by atoms with Gasteiger partial charge in [0.25, 0.3) is 5.91 Å². The summed E-state index contributed by atoms with van der Waals surface area (Å²) in [6.45, 7) is 3.67. The van der Waals surface area contributed by atoms with Crippen molar-refractivity contribution in [3.05, 3.63) is 29.3 Å². The standard InChI is InChI=1S/C15H16N4O2S2/c1-3-6-11-18-19-14(22-11)17-13(21)15(2)12(20)16-9-7-4-5-8-10(9)23-15/h4-5,7-8H,3,6H2,1-2H3,(H,16,20)(H,17,19,21). The molecule has 0 bridgehead atoms. The Kier molecular flexibility index (Phi) is 4.36. The Hall–Kier alpha value is -1.93. The number of carbonyl (C=O) groups is 2. The second kappa shape index (κ2) is 6.29. The minimum Gasteiger partial charge on any atom is -0.323 e. The number of anilines is 2. The van der Waals surface area contributed by atoms with Gasteiger partial charge < -0.3 is 5.32 Å². The minimum absolute atomic E-state index is 0.336. The first-order valence-electron chi connectivity index (χ1n) is 7.26. The van der Waals surface area contributed by atoms with Crippen molar-refractivity contribution in [2.75, 3.05) is 10.6 Å². The van der Waals surface area contributed by atoms with Crippen molar-refractivity contribution in [3.8, 4) is 0 Å². The van der Waals surface area contributed by atoms with E-state index in [4.69, 9.17) is 0 Å². The molecule has 23 heavy (non-hydrogen) atoms. The largest absolute Gasteiger partial charge is 0.323 e. The molecule has 2 amide bonds. The van der Waals surface area contributed by atoms with Crippen molar-refractivity contribution >= 4 is 45.7 Å². The topological polar surface area (TPSA) is 84.0 Å². The molecule has 2 heterocycles. The molecule has 0 radical (unpaired) electrons. The number of amides is 2. The molecule has 6 nitrogen and oxygen atoms in total. The van der Waals surface area contributed by atoms with E-state index in [2.05, 4.69) is 27.8 Å². The monoisotopic (exact) mass is 348 g/mol. The molecular weight excluding hydrogens is 332 g/mol. The zero-order chi connectivity index (χ0) is 16.4. The summed E-state index contributed by atoms with van der Waals surface area (Å²) < 4.78 is -1.25. The van der Waals surface area contributed by atoms with Crippen LogP contribution < -0.4 is 10.6 Å². The van der Waals surface area contributed by atoms with Crippen LogP contribution in [-0.2, 0) is 16.0 Å². The van der Waals surface area contributed by atoms with E-state index in [-0.39, 0.29) is 5.91 Å². The maximum Gasteiger partial charge on any atom is 0.252 e. The fourth-order valence-corrected chi connectivity index (χ4v) is 4.09. The molecule has 120 valence electrons. The number of hydrogen-bond acceptors (Lipinski definition) is 6. The van der Waals surface area contributed by atoms with Crippen molar-refractivity contribution < 1.29 is 9.59 Å². The smallest absolute Gasteiger partial charge is 0.252 e. The molecule has 1 aromatic carbocycles. The second-order valence-electron chi connectivity index (χ2n) is 5.29. The molecule has 0 saturated carbocycles. The van der Waals surface area contributed by atoms with E-state index in [1.807, 2.05) is 24.3 Å². The molecule has 2 aromatic rings. The van der Waals surface area contributed by atoms with Gasteiger partial charge in [0.05, 0.1) is 5.69 Å². The van der Waals surface area contributed by atoms with E-state index in [0.717, 1.165) is 28.4 Å². The highest BCUT2D eigenvalue weighted by Crippen LogP contribution is 2.42. The van der Waals surface area contributed by atoms with Crippen LogP contribution >= 0.6 is 23.1 Å². The van der Waals surface area contributed by atoms with Crippen molar-refractivity contribution in [2.45, 2.75) is 36.3 Å². The van der Waals surface area contributed by atoms with Gasteiger partial charge in [0.15, 0.2) is 4.75 Å². The van der Waals surface area contributed by atoms with Gasteiger partial charge in [-0.3, -0.25) is 14.9 Å². The number of carbonyl (C=O) groups excluding carboxylic acids is 2. The van der Waals surface area contributed by atoms with Gasteiger partial charge in [-0.05, 0) is 25.5 Å². The average molecular weight is 348 g/mol. The number of aromatic nitrogens is 2. The lowest BCUT2D eigenvalue weighted by Crippen LogP contribution is -2.49. The van der Waals surface area contributed by atoms with Crippen LogP contribution in [0.1, 0.15) is 25.3 Å². The molecule has 3 rings (SSSR count). The van der Waals surface area contributed by atoms with E-state index in [1.165, 1.54) is 23.1 Å². The number of nitrogens with zero attached hydrogens (tertiary/aromatic N) is 2. The number of aryl methyl sites for hydroxylation is 1. The van der Waals surface area contributed by atoms with Crippen molar-refractivity contribution in [3.63, 3.8) is 0 Å². The summed E-state index contributed by atoms with van der Waals surface area (Å²) in [5.74, 6) is -0.731. The van der Waals surface area contributed by atoms with Crippen LogP contribution in [0, 0.1) is 0 Å². The van der Waals surface area contributed by atoms with E-state index in [1.54, 1.807) is 6.92 Å². The Labute approximate surface area is 142 Å². The first-order valence-corrected chi connectivity index (χ1v) is 8.89. The lowest BCUT2D eigenvalue weighted by molar-refractivity contribution is -0.126. The van der Waals surface area contributed by atoms with Gasteiger partial charge in [0.2, 0.25) is 11.0 Å². The Morgan fingerprint density at radius 2 is 2.13 bits per heavy atom. The van der Waals surface area contributed by atoms with Gasteiger partial charge >= 0.3 is 0 Å². The highest BCUT2D eigenvalue weighted by molar-refractivity contribution is 8.02. The number of para-hydroxylation sites is 1. The van der Waals surface area contributed by atoms with Gasteiger partial charge in [0, 0.05) is 11.3 Å². The SMILES string of the molecule is CCCc1nnc(NC(=O)C2(C)Sc3ccccc3NC2=O)s1. The van der Waals surface area contributed by atoms with E-state index < -0.39 is 10.7 Å². The van der Waals surface area contributed by atoms with E-state index >= 15 is 0 Å². The van der Waals surface area contributed by atoms with Crippen LogP contribution in [0.5, 0.6) is 0 Å². The zero-order valence-corrected chi connectivity index (χ0v) is 14.4. The molecule has 0 aliphatic carbocycles. The number of hydrogen-bond donors (Lipinski definition) is 2. The molecule has 1 atom stereocenters. The van der Waals surface area contributed by atoms with Gasteiger partial charge in [-0.1, -0.05) is 42.2 Å². The number of thioether (sulfide) groups is 1. The molecule has 8 heteroatoms. The lowest BCUT2D eigenvalue weighted by Gasteiger charge is -2.31. The first kappa shape index (κ1) is 15.9. The van der Waals surface area contributed by atoms with Crippen molar-refractivity contribution in [2.24, 2.45) is 0 Å². The van der Waals surface area contributed by atoms with Gasteiger partial charge in [-0.2, -0.15) is 0 Å². The van der Waals surface area contributed by atoms with Gasteiger partial charge in [-0.15, -0.1) is 10.2 Å². The van der Waals surface area contributed by atoms with Crippen LogP contribution in [0.3, 0.4) is 0 Å². The van der Waals surface area contributed by atoms with Crippen LogP contribution in [0.4, 0.5) is 10.8 Å². The predicted octanol–water partition coefficient (Wildman–Crippen LogP) is 2.93. The first-order chi connectivity index (χ1) is 11.0. The van der Waals surface area contributed by atoms with Crippen LogP contribution in [0.2, 0.25) is 0 Å². The number of nitrogens with one attached hydrogen (secondary N) is 2. The molecule has 1 unspecified atom stereocenters. The summed E-state index contributed by atoms with van der Waals surface area (Å²) in [5.41, 5.74) is 0.730.